The largest absolute Gasteiger partial charge is 0.343 e. The Morgan fingerprint density at radius 2 is 0.617 bits per heavy atom. The van der Waals surface area contributed by atoms with Crippen molar-refractivity contribution in [2.24, 2.45) is 105 Å². The number of nitrogens with one attached hydrogen (secondary N) is 12. The van der Waals surface area contributed by atoms with Crippen molar-refractivity contribution in [3.63, 3.8) is 0 Å². The van der Waals surface area contributed by atoms with Crippen LogP contribution >= 0.6 is 0 Å². The van der Waals surface area contributed by atoms with Gasteiger partial charge in [-0.05, 0) is 301 Å². The maximum absolute atomic E-state index is 15.9. The first-order valence-corrected chi connectivity index (χ1v) is 48.1. The van der Waals surface area contributed by atoms with E-state index in [2.05, 4.69) is 63.8 Å². The molecule has 34 heteroatoms. The zero-order valence-corrected chi connectivity index (χ0v) is 75.7. The number of benzene rings is 2. The van der Waals surface area contributed by atoms with Gasteiger partial charge >= 0.3 is 0 Å². The lowest BCUT2D eigenvalue weighted by molar-refractivity contribution is -0.143. The summed E-state index contributed by atoms with van der Waals surface area (Å²) in [5.41, 5.74) is 38.1. The molecule has 2 aromatic carbocycles. The Balaban J connectivity index is 0.948. The normalized spacial score (nSPS) is 33.1. The fourth-order valence-electron chi connectivity index (χ4n) is 22.9. The van der Waals surface area contributed by atoms with Gasteiger partial charge in [-0.3, -0.25) is 67.1 Å². The van der Waals surface area contributed by atoms with Crippen LogP contribution in [0.5, 0.6) is 0 Å². The number of carbonyl (C=O) groups is 14. The second kappa shape index (κ2) is 48.1. The van der Waals surface area contributed by atoms with Gasteiger partial charge < -0.3 is 108 Å². The Morgan fingerprint density at radius 1 is 0.320 bits per heavy atom. The highest BCUT2D eigenvalue weighted by molar-refractivity contribution is 6.01. The van der Waals surface area contributed by atoms with Gasteiger partial charge in [-0.25, -0.2) is 0 Å². The summed E-state index contributed by atoms with van der Waals surface area (Å²) in [6.45, 7) is 7.87. The second-order valence-electron chi connectivity index (χ2n) is 39.1. The third kappa shape index (κ3) is 26.6. The average molecular weight is 1780 g/mol. The summed E-state index contributed by atoms with van der Waals surface area (Å²) in [4.78, 5) is 217. The van der Waals surface area contributed by atoms with Crippen molar-refractivity contribution in [3.05, 3.63) is 71.8 Å². The van der Waals surface area contributed by atoms with E-state index in [1.54, 1.807) is 74.5 Å². The van der Waals surface area contributed by atoms with Crippen LogP contribution in [0, 0.1) is 71.0 Å². The van der Waals surface area contributed by atoms with Gasteiger partial charge in [0.15, 0.2) is 0 Å². The predicted octanol–water partition coefficient (Wildman–Crippen LogP) is 0.955. The molecule has 3 heterocycles. The number of carbonyl (C=O) groups excluding carboxylic acids is 14. The second-order valence-corrected chi connectivity index (χ2v) is 39.1. The highest BCUT2D eigenvalue weighted by atomic mass is 16.2. The van der Waals surface area contributed by atoms with Crippen LogP contribution in [0.2, 0.25) is 0 Å². The molecule has 8 saturated carbocycles. The number of hydrogen-bond donors (Lipinski definition) is 18. The third-order valence-electron chi connectivity index (χ3n) is 28.9. The van der Waals surface area contributed by atoms with E-state index in [9.17, 15) is 24.0 Å². The van der Waals surface area contributed by atoms with Crippen molar-refractivity contribution in [2.45, 2.75) is 305 Å². The Kier molecular flexibility index (Phi) is 37.3. The van der Waals surface area contributed by atoms with Crippen LogP contribution in [-0.4, -0.2) is 229 Å². The summed E-state index contributed by atoms with van der Waals surface area (Å²) in [6.07, 6.45) is 12.3. The lowest BCUT2D eigenvalue weighted by Gasteiger charge is -2.56. The topological polar surface area (TPSA) is 546 Å². The van der Waals surface area contributed by atoms with Crippen LogP contribution in [0.3, 0.4) is 0 Å². The summed E-state index contributed by atoms with van der Waals surface area (Å²) in [6, 6.07) is -0.0544. The maximum Gasteiger partial charge on any atom is 0.246 e. The molecular weight excluding hydrogens is 1630 g/mol. The van der Waals surface area contributed by atoms with Crippen LogP contribution < -0.4 is 98.2 Å². The van der Waals surface area contributed by atoms with Crippen molar-refractivity contribution in [1.29, 1.82) is 0 Å². The summed E-state index contributed by atoms with van der Waals surface area (Å²) < 4.78 is 0. The maximum atomic E-state index is 15.9. The molecule has 34 nitrogen and oxygen atoms in total. The lowest BCUT2D eigenvalue weighted by Crippen LogP contribution is -2.64. The van der Waals surface area contributed by atoms with Crippen molar-refractivity contribution < 1.29 is 67.1 Å². The van der Waals surface area contributed by atoms with E-state index in [0.29, 0.717) is 47.6 Å². The highest BCUT2D eigenvalue weighted by Gasteiger charge is 2.55. The number of rotatable bonds is 28. The molecule has 708 valence electrons. The molecule has 8 bridgehead atoms. The first kappa shape index (κ1) is 99.4. The van der Waals surface area contributed by atoms with E-state index in [1.807, 2.05) is 13.8 Å². The minimum atomic E-state index is -1.34. The van der Waals surface area contributed by atoms with Crippen LogP contribution in [0.4, 0.5) is 0 Å². The number of nitrogens with two attached hydrogens (primary N) is 6. The molecular formula is C94H148N20O14. The number of hydrogen-bond acceptors (Lipinski definition) is 20. The number of amides is 14. The van der Waals surface area contributed by atoms with Crippen molar-refractivity contribution in [1.82, 2.24) is 73.6 Å². The Bertz CT molecular complexity index is 4050. The van der Waals surface area contributed by atoms with Crippen molar-refractivity contribution in [3.8, 4) is 0 Å². The third-order valence-corrected chi connectivity index (χ3v) is 28.9. The van der Waals surface area contributed by atoms with Gasteiger partial charge in [0.2, 0.25) is 82.7 Å². The molecule has 0 spiro atoms. The Labute approximate surface area is 754 Å². The smallest absolute Gasteiger partial charge is 0.246 e. The highest BCUT2D eigenvalue weighted by Crippen LogP contribution is 2.59. The summed E-state index contributed by atoms with van der Waals surface area (Å²) in [5, 5.41) is 35.5. The van der Waals surface area contributed by atoms with E-state index in [0.717, 1.165) is 64.2 Å². The van der Waals surface area contributed by atoms with Crippen molar-refractivity contribution >= 4 is 82.7 Å². The van der Waals surface area contributed by atoms with Crippen LogP contribution in [-0.2, 0) is 80.0 Å². The van der Waals surface area contributed by atoms with E-state index in [-0.39, 0.29) is 209 Å². The predicted molar refractivity (Wildman–Crippen MR) is 483 cm³/mol. The monoisotopic (exact) mass is 1780 g/mol. The minimum absolute atomic E-state index is 0.00336. The van der Waals surface area contributed by atoms with Gasteiger partial charge in [0, 0.05) is 25.9 Å². The molecule has 14 atom stereocenters. The molecule has 128 heavy (non-hydrogen) atoms. The molecule has 0 aromatic heterocycles. The van der Waals surface area contributed by atoms with Gasteiger partial charge in [-0.1, -0.05) is 88.4 Å². The molecule has 2 unspecified atom stereocenters. The first-order chi connectivity index (χ1) is 61.6. The van der Waals surface area contributed by atoms with Crippen LogP contribution in [0.1, 0.15) is 219 Å². The molecule has 14 amide bonds. The van der Waals surface area contributed by atoms with E-state index in [4.69, 9.17) is 34.4 Å². The average Bonchev–Trinajstić information content (AvgIpc) is 1.37. The summed E-state index contributed by atoms with van der Waals surface area (Å²) in [7, 11) is 0. The summed E-state index contributed by atoms with van der Waals surface area (Å²) in [5.74, 6) is -8.41. The van der Waals surface area contributed by atoms with Crippen LogP contribution in [0.25, 0.3) is 0 Å². The molecule has 0 radical (unpaired) electrons. The van der Waals surface area contributed by atoms with Gasteiger partial charge in [-0.2, -0.15) is 0 Å². The van der Waals surface area contributed by atoms with Gasteiger partial charge in [0.05, 0.1) is 0 Å². The van der Waals surface area contributed by atoms with E-state index in [1.165, 1.54) is 9.80 Å². The molecule has 3 aliphatic heterocycles. The number of nitrogens with zero attached hydrogens (tertiary/aromatic N) is 2. The van der Waals surface area contributed by atoms with Gasteiger partial charge in [-0.15, -0.1) is 0 Å². The Hall–Kier alpha value is -9.22. The lowest BCUT2D eigenvalue weighted by atomic mass is 9.50. The minimum Gasteiger partial charge on any atom is -0.343 e. The molecule has 11 fully saturated rings. The Morgan fingerprint density at radius 3 is 0.977 bits per heavy atom. The fourth-order valence-corrected chi connectivity index (χ4v) is 22.9. The van der Waals surface area contributed by atoms with Crippen molar-refractivity contribution in [2.75, 3.05) is 52.4 Å². The number of fused-ring (bicyclic) bond motifs is 2. The van der Waals surface area contributed by atoms with E-state index < -0.39 is 173 Å². The van der Waals surface area contributed by atoms with E-state index >= 15 is 43.2 Å². The molecule has 13 rings (SSSR count). The molecule has 3 saturated heterocycles. The fraction of sp³-hybridized carbons (Fsp3) is 0.723. The van der Waals surface area contributed by atoms with Crippen LogP contribution in [0.15, 0.2) is 60.7 Å². The zero-order valence-electron chi connectivity index (χ0n) is 75.7. The van der Waals surface area contributed by atoms with Gasteiger partial charge in [0.25, 0.3) is 0 Å². The SMILES string of the molecule is CC(C)CC1NC(=O)[C@H](CCCN)NC(=O)C(C(C)C)NC(=O)[C@H](CCCN)NC(=O)[C@@H]2CCCN2C(=O)[C@H](Cc2ccccc2)NC(=O)[C@H](CCCN)NC(=O)[C@H](CC2C3CC4CC(C3)CC2C4)NC(=O)[C@H](CCCN)NC(=O)[C@H](C2C3CC4CC(C3)CC2C4)NC(=O)[C@H](CCCN)NC(=O)[C@@H]2CCCN2C(=O)[C@H](Cc2ccccc2)NC(=O)[C@H](CCCN)NC1=O. The summed E-state index contributed by atoms with van der Waals surface area (Å²) >= 11 is 0. The van der Waals surface area contributed by atoms with Gasteiger partial charge in [0.1, 0.15) is 84.6 Å². The first-order valence-electron chi connectivity index (χ1n) is 48.1. The zero-order chi connectivity index (χ0) is 91.8. The molecule has 11 aliphatic rings. The quantitative estimate of drug-likeness (QED) is 0.0564. The molecule has 8 aliphatic carbocycles. The molecule has 2 aromatic rings. The molecule has 24 N–H and O–H groups in total. The standard InChI is InChI=1S/C94H148N20O14/c1-53(2)39-72-87(121)101-66(23-11-31-95)83(117)109-74(50-55-19-7-5-8-20-55)93(127)114-38-18-30-77(114)90(124)104-71(28-16-36-100)86(120)112-80(78-63-46-59-41-60(48-63)49-64(78)47-59)92(126)106-69(26-14-34-98)82(116)108-73(52-65-61-42-57-40-58(44-61)45-62(65)43-57)88(122)102-67(24-12-32-96)84(118)110-75(51-56-21-9-6-10-22-56)94(128)113-37-17-29-76(113)89(123)103-70(27-15-35-99)85(119)111-79(54(3)4)91(125)105-68(25-13-33-97)81(115)107-72/h5-10,19-22,53-54,57-80H,11-18,23-52,95-100H2,1-4H3,(H,101,121)(H,102,122)(H,103,123)(H,104,124)(H,105,125)(H,106,126)(H,107,115)(H,108,116)(H,109,117)(H,110,118)(H,111,119)(H,112,120)/t57?,58?,59?,60?,61?,62?,63?,64?,65?,66-,67-,68-,69-,70-,71-,72?,73-,74-,75-,76-,77-,78?,79?,80-/m0/s1.